The number of rotatable bonds is 2. The first-order chi connectivity index (χ1) is 7.55. The van der Waals surface area contributed by atoms with Gasteiger partial charge in [0.2, 0.25) is 5.91 Å². The Kier molecular flexibility index (Phi) is 2.91. The Morgan fingerprint density at radius 3 is 2.44 bits per heavy atom. The van der Waals surface area contributed by atoms with Crippen molar-refractivity contribution in [1.29, 1.82) is 0 Å². The third-order valence-electron chi connectivity index (χ3n) is 4.07. The molecule has 1 unspecified atom stereocenters. The highest BCUT2D eigenvalue weighted by Gasteiger charge is 2.46. The molecule has 0 aromatic heterocycles. The number of amides is 1. The molecular formula is C12H19NO3. The van der Waals surface area contributed by atoms with Crippen LogP contribution in [0, 0.1) is 5.92 Å². The van der Waals surface area contributed by atoms with Crippen LogP contribution >= 0.6 is 0 Å². The standard InChI is InChI=1S/C12H19NO3/c1-12(11(15)16)7-2-3-8-13(12)10(14)9-5-4-6-9/h9H,2-8H2,1H3,(H,15,16). The lowest BCUT2D eigenvalue weighted by Crippen LogP contribution is -2.59. The molecule has 0 radical (unpaired) electrons. The summed E-state index contributed by atoms with van der Waals surface area (Å²) in [5.41, 5.74) is -0.967. The van der Waals surface area contributed by atoms with Gasteiger partial charge in [-0.3, -0.25) is 4.79 Å². The summed E-state index contributed by atoms with van der Waals surface area (Å²) in [6.45, 7) is 2.29. The second kappa shape index (κ2) is 4.07. The Morgan fingerprint density at radius 1 is 1.25 bits per heavy atom. The molecule has 0 aromatic rings. The molecule has 1 saturated heterocycles. The topological polar surface area (TPSA) is 57.6 Å². The molecule has 2 fully saturated rings. The molecule has 2 rings (SSSR count). The molecule has 4 nitrogen and oxygen atoms in total. The minimum absolute atomic E-state index is 0.0656. The Hall–Kier alpha value is -1.06. The van der Waals surface area contributed by atoms with Crippen molar-refractivity contribution in [3.05, 3.63) is 0 Å². The van der Waals surface area contributed by atoms with Crippen LogP contribution in [0.3, 0.4) is 0 Å². The van der Waals surface area contributed by atoms with Crippen molar-refractivity contribution >= 4 is 11.9 Å². The molecule has 0 aromatic carbocycles. The average Bonchev–Trinajstić information content (AvgIpc) is 2.15. The summed E-state index contributed by atoms with van der Waals surface area (Å²) in [5, 5.41) is 9.30. The van der Waals surface area contributed by atoms with Crippen LogP contribution < -0.4 is 0 Å². The van der Waals surface area contributed by atoms with Crippen LogP contribution in [0.5, 0.6) is 0 Å². The largest absolute Gasteiger partial charge is 0.480 e. The molecule has 1 amide bonds. The lowest BCUT2D eigenvalue weighted by atomic mass is 9.81. The lowest BCUT2D eigenvalue weighted by molar-refractivity contribution is -0.164. The fourth-order valence-corrected chi connectivity index (χ4v) is 2.57. The van der Waals surface area contributed by atoms with Crippen LogP contribution in [0.4, 0.5) is 0 Å². The summed E-state index contributed by atoms with van der Waals surface area (Å²) >= 11 is 0. The van der Waals surface area contributed by atoms with Gasteiger partial charge in [-0.05, 0) is 39.0 Å². The zero-order valence-electron chi connectivity index (χ0n) is 9.74. The van der Waals surface area contributed by atoms with E-state index in [1.54, 1.807) is 11.8 Å². The SMILES string of the molecule is CC1(C(=O)O)CCCCN1C(=O)C1CCC1. The monoisotopic (exact) mass is 225 g/mol. The smallest absolute Gasteiger partial charge is 0.329 e. The number of piperidine rings is 1. The molecule has 90 valence electrons. The third-order valence-corrected chi connectivity index (χ3v) is 4.07. The highest BCUT2D eigenvalue weighted by atomic mass is 16.4. The normalized spacial score (nSPS) is 30.9. The van der Waals surface area contributed by atoms with E-state index in [9.17, 15) is 14.7 Å². The first-order valence-corrected chi connectivity index (χ1v) is 6.10. The number of likely N-dealkylation sites (tertiary alicyclic amines) is 1. The van der Waals surface area contributed by atoms with Crippen LogP contribution in [-0.2, 0) is 9.59 Å². The molecule has 4 heteroatoms. The van der Waals surface area contributed by atoms with Gasteiger partial charge in [0.05, 0.1) is 0 Å². The number of carbonyl (C=O) groups excluding carboxylic acids is 1. The van der Waals surface area contributed by atoms with E-state index in [1.165, 1.54) is 0 Å². The Bertz CT molecular complexity index is 311. The van der Waals surface area contributed by atoms with Gasteiger partial charge in [0.15, 0.2) is 0 Å². The highest BCUT2D eigenvalue weighted by molar-refractivity contribution is 5.88. The molecule has 1 aliphatic heterocycles. The fourth-order valence-electron chi connectivity index (χ4n) is 2.57. The van der Waals surface area contributed by atoms with Crippen molar-refractivity contribution in [3.8, 4) is 0 Å². The van der Waals surface area contributed by atoms with Gasteiger partial charge in [0.1, 0.15) is 5.54 Å². The van der Waals surface area contributed by atoms with Gasteiger partial charge >= 0.3 is 5.97 Å². The summed E-state index contributed by atoms with van der Waals surface area (Å²) < 4.78 is 0. The van der Waals surface area contributed by atoms with Gasteiger partial charge in [-0.1, -0.05) is 6.42 Å². The van der Waals surface area contributed by atoms with Crippen molar-refractivity contribution in [2.45, 2.75) is 51.0 Å². The maximum atomic E-state index is 12.2. The summed E-state index contributed by atoms with van der Waals surface area (Å²) in [4.78, 5) is 25.1. The maximum absolute atomic E-state index is 12.2. The number of carboxylic acids is 1. The first kappa shape index (κ1) is 11.4. The number of hydrogen-bond acceptors (Lipinski definition) is 2. The van der Waals surface area contributed by atoms with Gasteiger partial charge in [-0.15, -0.1) is 0 Å². The van der Waals surface area contributed by atoms with Gasteiger partial charge in [0.25, 0.3) is 0 Å². The Balaban J connectivity index is 2.15. The number of nitrogens with zero attached hydrogens (tertiary/aromatic N) is 1. The lowest BCUT2D eigenvalue weighted by Gasteiger charge is -2.44. The predicted molar refractivity (Wildman–Crippen MR) is 58.9 cm³/mol. The van der Waals surface area contributed by atoms with E-state index >= 15 is 0 Å². The van der Waals surface area contributed by atoms with Crippen LogP contribution in [0.25, 0.3) is 0 Å². The summed E-state index contributed by atoms with van der Waals surface area (Å²) in [6, 6.07) is 0. The van der Waals surface area contributed by atoms with E-state index in [4.69, 9.17) is 0 Å². The van der Waals surface area contributed by atoms with E-state index in [0.29, 0.717) is 13.0 Å². The molecule has 0 bridgehead atoms. The van der Waals surface area contributed by atoms with E-state index < -0.39 is 11.5 Å². The number of aliphatic carboxylic acids is 1. The van der Waals surface area contributed by atoms with Gasteiger partial charge in [0, 0.05) is 12.5 Å². The van der Waals surface area contributed by atoms with Crippen LogP contribution in [0.15, 0.2) is 0 Å². The molecule has 16 heavy (non-hydrogen) atoms. The zero-order chi connectivity index (χ0) is 11.8. The van der Waals surface area contributed by atoms with Crippen molar-refractivity contribution in [3.63, 3.8) is 0 Å². The van der Waals surface area contributed by atoms with Crippen LogP contribution in [-0.4, -0.2) is 34.0 Å². The van der Waals surface area contributed by atoms with E-state index in [0.717, 1.165) is 32.1 Å². The van der Waals surface area contributed by atoms with E-state index in [-0.39, 0.29) is 11.8 Å². The van der Waals surface area contributed by atoms with Crippen molar-refractivity contribution in [2.24, 2.45) is 5.92 Å². The molecule has 1 aliphatic carbocycles. The minimum atomic E-state index is -0.967. The minimum Gasteiger partial charge on any atom is -0.480 e. The second-order valence-electron chi connectivity index (χ2n) is 5.15. The van der Waals surface area contributed by atoms with Crippen molar-refractivity contribution in [2.75, 3.05) is 6.54 Å². The molecule has 1 heterocycles. The predicted octanol–water partition coefficient (Wildman–Crippen LogP) is 1.64. The molecule has 1 atom stereocenters. The second-order valence-corrected chi connectivity index (χ2v) is 5.15. The fraction of sp³-hybridized carbons (Fsp3) is 0.833. The molecule has 1 saturated carbocycles. The molecule has 0 spiro atoms. The summed E-state index contributed by atoms with van der Waals surface area (Å²) in [7, 11) is 0. The highest BCUT2D eigenvalue weighted by Crippen LogP contribution is 2.34. The molecular weight excluding hydrogens is 206 g/mol. The van der Waals surface area contributed by atoms with E-state index in [2.05, 4.69) is 0 Å². The molecule has 2 aliphatic rings. The summed E-state index contributed by atoms with van der Waals surface area (Å²) in [5.74, 6) is -0.701. The molecule has 1 N–H and O–H groups in total. The first-order valence-electron chi connectivity index (χ1n) is 6.10. The average molecular weight is 225 g/mol. The number of carboxylic acid groups (broad SMARTS) is 1. The van der Waals surface area contributed by atoms with Crippen molar-refractivity contribution < 1.29 is 14.7 Å². The van der Waals surface area contributed by atoms with Crippen LogP contribution in [0.2, 0.25) is 0 Å². The Labute approximate surface area is 95.6 Å². The zero-order valence-corrected chi connectivity index (χ0v) is 9.74. The summed E-state index contributed by atoms with van der Waals surface area (Å²) in [6.07, 6.45) is 5.39. The van der Waals surface area contributed by atoms with Gasteiger partial charge in [-0.2, -0.15) is 0 Å². The van der Waals surface area contributed by atoms with Crippen molar-refractivity contribution in [1.82, 2.24) is 4.90 Å². The number of hydrogen-bond donors (Lipinski definition) is 1. The maximum Gasteiger partial charge on any atom is 0.329 e. The third kappa shape index (κ3) is 1.70. The Morgan fingerprint density at radius 2 is 1.94 bits per heavy atom. The quantitative estimate of drug-likeness (QED) is 0.777. The number of carbonyl (C=O) groups is 2. The van der Waals surface area contributed by atoms with Crippen LogP contribution in [0.1, 0.15) is 45.4 Å². The van der Waals surface area contributed by atoms with Gasteiger partial charge < -0.3 is 10.0 Å². The van der Waals surface area contributed by atoms with E-state index in [1.807, 2.05) is 0 Å². The van der Waals surface area contributed by atoms with Gasteiger partial charge in [-0.25, -0.2) is 4.79 Å².